The van der Waals surface area contributed by atoms with Crippen molar-refractivity contribution in [1.82, 2.24) is 0 Å². The van der Waals surface area contributed by atoms with Gasteiger partial charge < -0.3 is 10.5 Å². The topological polar surface area (TPSA) is 35.2 Å². The van der Waals surface area contributed by atoms with E-state index in [1.807, 2.05) is 12.1 Å². The van der Waals surface area contributed by atoms with Gasteiger partial charge in [0.1, 0.15) is 5.75 Å². The Hall–Kier alpha value is -0.540. The van der Waals surface area contributed by atoms with Gasteiger partial charge in [-0.25, -0.2) is 0 Å². The summed E-state index contributed by atoms with van der Waals surface area (Å²) in [5, 5.41) is 0. The van der Waals surface area contributed by atoms with Gasteiger partial charge >= 0.3 is 0 Å². The van der Waals surface area contributed by atoms with E-state index in [4.69, 9.17) is 10.5 Å². The first kappa shape index (κ1) is 14.5. The molecular weight excluding hydrogens is 278 g/mol. The summed E-state index contributed by atoms with van der Waals surface area (Å²) in [5.41, 5.74) is 7.35. The van der Waals surface area contributed by atoms with Crippen LogP contribution in [0.2, 0.25) is 0 Å². The summed E-state index contributed by atoms with van der Waals surface area (Å²) >= 11 is 3.49. The number of nitrogens with two attached hydrogens (primary N) is 1. The van der Waals surface area contributed by atoms with E-state index in [0.29, 0.717) is 0 Å². The summed E-state index contributed by atoms with van der Waals surface area (Å²) < 4.78 is 6.17. The van der Waals surface area contributed by atoms with Gasteiger partial charge in [-0.05, 0) is 46.0 Å². The number of halogens is 1. The zero-order valence-corrected chi connectivity index (χ0v) is 12.5. The van der Waals surface area contributed by atoms with Crippen LogP contribution in [0.25, 0.3) is 0 Å². The molecule has 0 aliphatic rings. The minimum atomic E-state index is 0.121. The van der Waals surface area contributed by atoms with Gasteiger partial charge in [0.2, 0.25) is 0 Å². The van der Waals surface area contributed by atoms with E-state index in [0.717, 1.165) is 22.6 Å². The van der Waals surface area contributed by atoms with Gasteiger partial charge in [-0.1, -0.05) is 32.8 Å². The van der Waals surface area contributed by atoms with Gasteiger partial charge in [0.25, 0.3) is 0 Å². The molecule has 0 aliphatic carbocycles. The molecule has 0 aliphatic heterocycles. The molecule has 1 rings (SSSR count). The van der Waals surface area contributed by atoms with E-state index in [1.165, 1.54) is 18.4 Å². The Balaban J connectivity index is 2.57. The van der Waals surface area contributed by atoms with Crippen molar-refractivity contribution in [3.63, 3.8) is 0 Å². The standard InChI is InChI=1S/C14H22BrNO/c1-10(2)5-4-6-13(16)11-7-8-14(17-3)12(15)9-11/h7-10,13H,4-6,16H2,1-3H3. The second kappa shape index (κ2) is 7.02. The molecule has 1 aromatic carbocycles. The van der Waals surface area contributed by atoms with Gasteiger partial charge in [0.15, 0.2) is 0 Å². The molecule has 0 heterocycles. The Morgan fingerprint density at radius 3 is 2.53 bits per heavy atom. The molecule has 0 saturated heterocycles. The monoisotopic (exact) mass is 299 g/mol. The molecule has 0 spiro atoms. The summed E-state index contributed by atoms with van der Waals surface area (Å²) in [6.07, 6.45) is 3.46. The fourth-order valence-corrected chi connectivity index (χ4v) is 2.38. The van der Waals surface area contributed by atoms with E-state index in [-0.39, 0.29) is 6.04 Å². The Morgan fingerprint density at radius 1 is 1.29 bits per heavy atom. The Bertz CT molecular complexity index is 352. The maximum Gasteiger partial charge on any atom is 0.133 e. The van der Waals surface area contributed by atoms with Gasteiger partial charge in [0.05, 0.1) is 11.6 Å². The lowest BCUT2D eigenvalue weighted by Gasteiger charge is -2.14. The molecule has 96 valence electrons. The SMILES string of the molecule is COc1ccc(C(N)CCCC(C)C)cc1Br. The summed E-state index contributed by atoms with van der Waals surface area (Å²) in [5.74, 6) is 1.60. The van der Waals surface area contributed by atoms with Crippen molar-refractivity contribution in [3.05, 3.63) is 28.2 Å². The molecule has 17 heavy (non-hydrogen) atoms. The van der Waals surface area contributed by atoms with Crippen LogP contribution >= 0.6 is 15.9 Å². The molecule has 0 fully saturated rings. The van der Waals surface area contributed by atoms with Crippen molar-refractivity contribution in [2.24, 2.45) is 11.7 Å². The van der Waals surface area contributed by atoms with Crippen molar-refractivity contribution in [2.45, 2.75) is 39.2 Å². The lowest BCUT2D eigenvalue weighted by atomic mass is 9.99. The van der Waals surface area contributed by atoms with Crippen LogP contribution in [-0.4, -0.2) is 7.11 Å². The second-order valence-electron chi connectivity index (χ2n) is 4.83. The average Bonchev–Trinajstić information content (AvgIpc) is 2.28. The van der Waals surface area contributed by atoms with Crippen molar-refractivity contribution in [2.75, 3.05) is 7.11 Å². The Labute approximate surface area is 113 Å². The molecule has 0 radical (unpaired) electrons. The van der Waals surface area contributed by atoms with Gasteiger partial charge in [0, 0.05) is 6.04 Å². The summed E-state index contributed by atoms with van der Waals surface area (Å²) in [6.45, 7) is 4.49. The van der Waals surface area contributed by atoms with Gasteiger partial charge in [-0.2, -0.15) is 0 Å². The molecule has 2 nitrogen and oxygen atoms in total. The van der Waals surface area contributed by atoms with Crippen LogP contribution < -0.4 is 10.5 Å². The third-order valence-electron chi connectivity index (χ3n) is 2.90. The molecule has 0 bridgehead atoms. The molecule has 0 amide bonds. The molecule has 2 N–H and O–H groups in total. The zero-order valence-electron chi connectivity index (χ0n) is 10.9. The zero-order chi connectivity index (χ0) is 12.8. The summed E-state index contributed by atoms with van der Waals surface area (Å²) in [6, 6.07) is 6.18. The lowest BCUT2D eigenvalue weighted by molar-refractivity contribution is 0.411. The van der Waals surface area contributed by atoms with Crippen LogP contribution in [0.3, 0.4) is 0 Å². The molecule has 1 unspecified atom stereocenters. The highest BCUT2D eigenvalue weighted by molar-refractivity contribution is 9.10. The Morgan fingerprint density at radius 2 is 2.00 bits per heavy atom. The maximum absolute atomic E-state index is 6.18. The first-order chi connectivity index (χ1) is 8.04. The van der Waals surface area contributed by atoms with Crippen LogP contribution in [-0.2, 0) is 0 Å². The van der Waals surface area contributed by atoms with E-state index < -0.39 is 0 Å². The normalized spacial score (nSPS) is 12.8. The fourth-order valence-electron chi connectivity index (χ4n) is 1.83. The number of hydrogen-bond acceptors (Lipinski definition) is 2. The van der Waals surface area contributed by atoms with Crippen molar-refractivity contribution >= 4 is 15.9 Å². The smallest absolute Gasteiger partial charge is 0.133 e. The Kier molecular flexibility index (Phi) is 6.00. The van der Waals surface area contributed by atoms with E-state index in [9.17, 15) is 0 Å². The van der Waals surface area contributed by atoms with E-state index in [2.05, 4.69) is 35.8 Å². The van der Waals surface area contributed by atoms with E-state index in [1.54, 1.807) is 7.11 Å². The molecule has 1 atom stereocenters. The second-order valence-corrected chi connectivity index (χ2v) is 5.68. The quantitative estimate of drug-likeness (QED) is 0.851. The highest BCUT2D eigenvalue weighted by atomic mass is 79.9. The van der Waals surface area contributed by atoms with Crippen molar-refractivity contribution < 1.29 is 4.74 Å². The van der Waals surface area contributed by atoms with E-state index >= 15 is 0 Å². The predicted octanol–water partition coefficient (Wildman–Crippen LogP) is 4.28. The molecule has 1 aromatic rings. The minimum Gasteiger partial charge on any atom is -0.496 e. The highest BCUT2D eigenvalue weighted by Gasteiger charge is 2.09. The van der Waals surface area contributed by atoms with Gasteiger partial charge in [-0.15, -0.1) is 0 Å². The maximum atomic E-state index is 6.18. The first-order valence-corrected chi connectivity index (χ1v) is 6.93. The van der Waals surface area contributed by atoms with Crippen LogP contribution in [0.15, 0.2) is 22.7 Å². The van der Waals surface area contributed by atoms with Gasteiger partial charge in [-0.3, -0.25) is 0 Å². The van der Waals surface area contributed by atoms with Crippen molar-refractivity contribution in [3.8, 4) is 5.75 Å². The number of ether oxygens (including phenoxy) is 1. The minimum absolute atomic E-state index is 0.121. The van der Waals surface area contributed by atoms with Crippen molar-refractivity contribution in [1.29, 1.82) is 0 Å². The van der Waals surface area contributed by atoms with Crippen LogP contribution in [0.4, 0.5) is 0 Å². The van der Waals surface area contributed by atoms with Crippen LogP contribution in [0.5, 0.6) is 5.75 Å². The number of rotatable bonds is 6. The largest absolute Gasteiger partial charge is 0.496 e. The molecular formula is C14H22BrNO. The predicted molar refractivity (Wildman–Crippen MR) is 76.3 cm³/mol. The molecule has 0 saturated carbocycles. The third kappa shape index (κ3) is 4.68. The average molecular weight is 300 g/mol. The highest BCUT2D eigenvalue weighted by Crippen LogP contribution is 2.29. The van der Waals surface area contributed by atoms with Crippen LogP contribution in [0, 0.1) is 5.92 Å². The molecule has 0 aromatic heterocycles. The fraction of sp³-hybridized carbons (Fsp3) is 0.571. The van der Waals surface area contributed by atoms with Crippen LogP contribution in [0.1, 0.15) is 44.7 Å². The number of methoxy groups -OCH3 is 1. The third-order valence-corrected chi connectivity index (χ3v) is 3.52. The number of benzene rings is 1. The summed E-state index contributed by atoms with van der Waals surface area (Å²) in [4.78, 5) is 0. The lowest BCUT2D eigenvalue weighted by Crippen LogP contribution is -2.10. The number of hydrogen-bond donors (Lipinski definition) is 1. The molecule has 3 heteroatoms. The summed E-state index contributed by atoms with van der Waals surface area (Å²) in [7, 11) is 1.67. The first-order valence-electron chi connectivity index (χ1n) is 6.13.